The van der Waals surface area contributed by atoms with E-state index in [2.05, 4.69) is 5.32 Å². The molecule has 118 valence electrons. The molecule has 2 amide bonds. The molecule has 0 aliphatic carbocycles. The fourth-order valence-corrected chi connectivity index (χ4v) is 3.32. The largest absolute Gasteiger partial charge is 0.497 e. The highest BCUT2D eigenvalue weighted by Gasteiger charge is 2.34. The Morgan fingerprint density at radius 1 is 1.36 bits per heavy atom. The van der Waals surface area contributed by atoms with E-state index in [1.165, 1.54) is 0 Å². The third kappa shape index (κ3) is 3.24. The Morgan fingerprint density at radius 2 is 2.23 bits per heavy atom. The average Bonchev–Trinajstić information content (AvgIpc) is 2.76. The highest BCUT2D eigenvalue weighted by Crippen LogP contribution is 2.22. The Morgan fingerprint density at radius 3 is 3.05 bits per heavy atom. The molecule has 2 aliphatic heterocycles. The van der Waals surface area contributed by atoms with Crippen molar-refractivity contribution in [3.8, 4) is 5.75 Å². The number of fused-ring (bicyclic) bond motifs is 3. The lowest BCUT2D eigenvalue weighted by molar-refractivity contribution is -0.131. The van der Waals surface area contributed by atoms with Crippen LogP contribution in [-0.4, -0.2) is 43.0 Å². The van der Waals surface area contributed by atoms with Gasteiger partial charge in [0.15, 0.2) is 0 Å². The Kier molecular flexibility index (Phi) is 4.32. The Balaban J connectivity index is 1.70. The molecule has 2 atom stereocenters. The van der Waals surface area contributed by atoms with Crippen LogP contribution in [0.1, 0.15) is 24.8 Å². The van der Waals surface area contributed by atoms with Crippen LogP contribution in [0.25, 0.3) is 0 Å². The van der Waals surface area contributed by atoms with Gasteiger partial charge in [-0.3, -0.25) is 9.59 Å². The van der Waals surface area contributed by atoms with Crippen LogP contribution in [-0.2, 0) is 16.0 Å². The standard InChI is InChI=1S/C17H22N2O3/c1-22-15-7-2-4-12(8-15)9-16(20)19-10-13-5-3-6-14(11-19)18-17(13)21/h2,4,7-8,13-14H,3,5-6,9-11H2,1H3,(H,18,21)/t13-,14+/m0/s1. The third-order valence-electron chi connectivity index (χ3n) is 4.55. The van der Waals surface area contributed by atoms with Crippen molar-refractivity contribution in [3.63, 3.8) is 0 Å². The number of hydrogen-bond acceptors (Lipinski definition) is 3. The summed E-state index contributed by atoms with van der Waals surface area (Å²) in [5.74, 6) is 0.900. The van der Waals surface area contributed by atoms with Crippen LogP contribution >= 0.6 is 0 Å². The molecule has 2 aliphatic rings. The molecular formula is C17H22N2O3. The molecule has 0 saturated carbocycles. The van der Waals surface area contributed by atoms with Gasteiger partial charge in [0.05, 0.1) is 19.4 Å². The van der Waals surface area contributed by atoms with Crippen LogP contribution in [0.15, 0.2) is 24.3 Å². The summed E-state index contributed by atoms with van der Waals surface area (Å²) in [5.41, 5.74) is 0.943. The zero-order valence-electron chi connectivity index (χ0n) is 12.9. The predicted molar refractivity (Wildman–Crippen MR) is 82.5 cm³/mol. The average molecular weight is 302 g/mol. The van der Waals surface area contributed by atoms with Gasteiger partial charge in [-0.25, -0.2) is 0 Å². The van der Waals surface area contributed by atoms with E-state index in [0.717, 1.165) is 30.6 Å². The lowest BCUT2D eigenvalue weighted by atomic mass is 9.99. The maximum absolute atomic E-state index is 12.6. The number of carbonyl (C=O) groups excluding carboxylic acids is 2. The van der Waals surface area contributed by atoms with Crippen LogP contribution < -0.4 is 10.1 Å². The van der Waals surface area contributed by atoms with Gasteiger partial charge in [0.25, 0.3) is 0 Å². The number of amides is 2. The summed E-state index contributed by atoms with van der Waals surface area (Å²) in [6.45, 7) is 1.18. The summed E-state index contributed by atoms with van der Waals surface area (Å²) < 4.78 is 5.20. The van der Waals surface area contributed by atoms with E-state index in [9.17, 15) is 9.59 Å². The minimum absolute atomic E-state index is 0.0539. The van der Waals surface area contributed by atoms with Crippen LogP contribution in [0.5, 0.6) is 5.75 Å². The zero-order chi connectivity index (χ0) is 15.5. The van der Waals surface area contributed by atoms with E-state index >= 15 is 0 Å². The van der Waals surface area contributed by atoms with Gasteiger partial charge in [0.2, 0.25) is 11.8 Å². The first-order valence-electron chi connectivity index (χ1n) is 7.87. The summed E-state index contributed by atoms with van der Waals surface area (Å²) in [4.78, 5) is 26.5. The molecule has 22 heavy (non-hydrogen) atoms. The summed E-state index contributed by atoms with van der Waals surface area (Å²) in [6, 6.07) is 7.69. The number of methoxy groups -OCH3 is 1. The van der Waals surface area contributed by atoms with E-state index in [1.54, 1.807) is 7.11 Å². The number of rotatable bonds is 3. The molecule has 5 heteroatoms. The van der Waals surface area contributed by atoms with E-state index in [-0.39, 0.29) is 23.8 Å². The fourth-order valence-electron chi connectivity index (χ4n) is 3.32. The summed E-state index contributed by atoms with van der Waals surface area (Å²) >= 11 is 0. The molecule has 2 bridgehead atoms. The number of hydrogen-bond donors (Lipinski definition) is 1. The highest BCUT2D eigenvalue weighted by molar-refractivity contribution is 5.83. The molecule has 0 unspecified atom stereocenters. The summed E-state index contributed by atoms with van der Waals surface area (Å²) in [6.07, 6.45) is 3.26. The van der Waals surface area contributed by atoms with Gasteiger partial charge >= 0.3 is 0 Å². The van der Waals surface area contributed by atoms with Gasteiger partial charge in [-0.1, -0.05) is 18.6 Å². The molecule has 3 rings (SSSR count). The molecular weight excluding hydrogens is 280 g/mol. The molecule has 0 spiro atoms. The molecule has 0 radical (unpaired) electrons. The molecule has 2 saturated heterocycles. The molecule has 1 N–H and O–H groups in total. The monoisotopic (exact) mass is 302 g/mol. The smallest absolute Gasteiger partial charge is 0.227 e. The quantitative estimate of drug-likeness (QED) is 0.917. The molecule has 5 nitrogen and oxygen atoms in total. The van der Waals surface area contributed by atoms with Crippen LogP contribution in [0, 0.1) is 5.92 Å². The second-order valence-corrected chi connectivity index (χ2v) is 6.16. The van der Waals surface area contributed by atoms with Crippen LogP contribution in [0.2, 0.25) is 0 Å². The van der Waals surface area contributed by atoms with Gasteiger partial charge in [-0.05, 0) is 30.5 Å². The number of ether oxygens (including phenoxy) is 1. The number of nitrogens with one attached hydrogen (secondary N) is 1. The van der Waals surface area contributed by atoms with Crippen molar-refractivity contribution in [2.75, 3.05) is 20.2 Å². The van der Waals surface area contributed by atoms with E-state index in [4.69, 9.17) is 4.74 Å². The first-order valence-corrected chi connectivity index (χ1v) is 7.87. The Hall–Kier alpha value is -2.04. The topological polar surface area (TPSA) is 58.6 Å². The second-order valence-electron chi connectivity index (χ2n) is 6.16. The number of nitrogens with zero attached hydrogens (tertiary/aromatic N) is 1. The lowest BCUT2D eigenvalue weighted by Crippen LogP contribution is -2.42. The maximum atomic E-state index is 12.6. The van der Waals surface area contributed by atoms with Gasteiger partial charge in [0.1, 0.15) is 5.75 Å². The van der Waals surface area contributed by atoms with Gasteiger partial charge in [-0.15, -0.1) is 0 Å². The van der Waals surface area contributed by atoms with E-state index in [0.29, 0.717) is 19.5 Å². The van der Waals surface area contributed by atoms with Crippen molar-refractivity contribution >= 4 is 11.8 Å². The molecule has 0 aromatic heterocycles. The van der Waals surface area contributed by atoms with Crippen molar-refractivity contribution < 1.29 is 14.3 Å². The number of carbonyl (C=O) groups is 2. The Bertz CT molecular complexity index is 573. The molecule has 2 fully saturated rings. The summed E-state index contributed by atoms with van der Waals surface area (Å²) in [5, 5.41) is 3.05. The first-order chi connectivity index (χ1) is 10.7. The van der Waals surface area contributed by atoms with Crippen molar-refractivity contribution in [1.82, 2.24) is 10.2 Å². The van der Waals surface area contributed by atoms with Crippen molar-refractivity contribution in [2.24, 2.45) is 5.92 Å². The van der Waals surface area contributed by atoms with Crippen molar-refractivity contribution in [1.29, 1.82) is 0 Å². The summed E-state index contributed by atoms with van der Waals surface area (Å²) in [7, 11) is 1.62. The SMILES string of the molecule is COc1cccc(CC(=O)N2C[C@H]3CCC[C@@H](C2)C(=O)N3)c1. The minimum atomic E-state index is -0.0539. The van der Waals surface area contributed by atoms with Gasteiger partial charge in [-0.2, -0.15) is 0 Å². The molecule has 2 heterocycles. The minimum Gasteiger partial charge on any atom is -0.497 e. The normalized spacial score (nSPS) is 24.4. The van der Waals surface area contributed by atoms with E-state index in [1.807, 2.05) is 29.2 Å². The molecule has 1 aromatic carbocycles. The highest BCUT2D eigenvalue weighted by atomic mass is 16.5. The van der Waals surface area contributed by atoms with Gasteiger partial charge < -0.3 is 15.0 Å². The van der Waals surface area contributed by atoms with E-state index < -0.39 is 0 Å². The van der Waals surface area contributed by atoms with Crippen molar-refractivity contribution in [2.45, 2.75) is 31.7 Å². The third-order valence-corrected chi connectivity index (χ3v) is 4.55. The Labute approximate surface area is 130 Å². The molecule has 1 aromatic rings. The van der Waals surface area contributed by atoms with Crippen LogP contribution in [0.3, 0.4) is 0 Å². The first kappa shape index (κ1) is 14.9. The second kappa shape index (κ2) is 6.38. The number of benzene rings is 1. The zero-order valence-corrected chi connectivity index (χ0v) is 12.9. The van der Waals surface area contributed by atoms with Crippen LogP contribution in [0.4, 0.5) is 0 Å². The predicted octanol–water partition coefficient (Wildman–Crippen LogP) is 1.36. The van der Waals surface area contributed by atoms with Crippen molar-refractivity contribution in [3.05, 3.63) is 29.8 Å². The number of likely N-dealkylation sites (tertiary alicyclic amines) is 1. The fraction of sp³-hybridized carbons (Fsp3) is 0.529. The maximum Gasteiger partial charge on any atom is 0.227 e. The van der Waals surface area contributed by atoms with Gasteiger partial charge in [0, 0.05) is 19.1 Å². The lowest BCUT2D eigenvalue weighted by Gasteiger charge is -2.27.